The van der Waals surface area contributed by atoms with E-state index in [0.717, 1.165) is 24.2 Å². The van der Waals surface area contributed by atoms with Crippen LogP contribution in [0.3, 0.4) is 0 Å². The second-order valence-corrected chi connectivity index (χ2v) is 6.43. The van der Waals surface area contributed by atoms with Gasteiger partial charge in [0.1, 0.15) is 11.6 Å². The van der Waals surface area contributed by atoms with E-state index in [0.29, 0.717) is 17.3 Å². The van der Waals surface area contributed by atoms with Gasteiger partial charge in [-0.1, -0.05) is 25.5 Å². The van der Waals surface area contributed by atoms with Crippen LogP contribution in [0, 0.1) is 0 Å². The number of methoxy groups -OCH3 is 2. The van der Waals surface area contributed by atoms with Gasteiger partial charge in [-0.25, -0.2) is 4.98 Å². The number of nitrogens with zero attached hydrogens (tertiary/aromatic N) is 2. The van der Waals surface area contributed by atoms with Crippen LogP contribution in [-0.4, -0.2) is 29.3 Å². The Balaban J connectivity index is 1.85. The lowest BCUT2D eigenvalue weighted by Gasteiger charge is -2.20. The van der Waals surface area contributed by atoms with Gasteiger partial charge in [0.15, 0.2) is 11.5 Å². The van der Waals surface area contributed by atoms with E-state index in [1.54, 1.807) is 37.7 Å². The van der Waals surface area contributed by atoms with Crippen molar-refractivity contribution in [1.82, 2.24) is 9.97 Å². The van der Waals surface area contributed by atoms with Gasteiger partial charge in [0.2, 0.25) is 0 Å². The molecule has 0 aliphatic rings. The summed E-state index contributed by atoms with van der Waals surface area (Å²) in [6.45, 7) is 2.16. The van der Waals surface area contributed by atoms with Crippen molar-refractivity contribution in [1.29, 1.82) is 0 Å². The molecule has 0 radical (unpaired) electrons. The molecule has 6 nitrogen and oxygen atoms in total. The molecule has 0 bridgehead atoms. The highest BCUT2D eigenvalue weighted by molar-refractivity contribution is 5.64. The minimum Gasteiger partial charge on any atom is -0.504 e. The summed E-state index contributed by atoms with van der Waals surface area (Å²) in [7, 11) is 3.18. The third-order valence-corrected chi connectivity index (χ3v) is 4.53. The number of ether oxygens (including phenoxy) is 2. The number of nitrogens with one attached hydrogen (secondary N) is 1. The summed E-state index contributed by atoms with van der Waals surface area (Å²) in [5, 5.41) is 13.3. The Morgan fingerprint density at radius 2 is 1.82 bits per heavy atom. The zero-order valence-electron chi connectivity index (χ0n) is 16.3. The maximum atomic E-state index is 9.80. The summed E-state index contributed by atoms with van der Waals surface area (Å²) >= 11 is 0. The van der Waals surface area contributed by atoms with Gasteiger partial charge in [-0.05, 0) is 42.3 Å². The lowest BCUT2D eigenvalue weighted by atomic mass is 10.0. The number of rotatable bonds is 8. The summed E-state index contributed by atoms with van der Waals surface area (Å²) in [6, 6.07) is 13.3. The van der Waals surface area contributed by atoms with Crippen LogP contribution < -0.4 is 14.8 Å². The predicted octanol–water partition coefficient (Wildman–Crippen LogP) is 4.82. The van der Waals surface area contributed by atoms with Crippen LogP contribution in [0.4, 0.5) is 5.82 Å². The van der Waals surface area contributed by atoms with E-state index in [1.165, 1.54) is 12.7 Å². The third kappa shape index (κ3) is 4.52. The van der Waals surface area contributed by atoms with Crippen molar-refractivity contribution in [3.05, 3.63) is 60.4 Å². The first-order chi connectivity index (χ1) is 13.6. The molecular weight excluding hydrogens is 354 g/mol. The lowest BCUT2D eigenvalue weighted by molar-refractivity contribution is 0.373. The SMILES string of the molecule is CCCC(Nc1cncc(-c2ccc(O)c(OC)c2)n1)c1ccc(OC)cc1. The number of phenolic OH excluding ortho intramolecular Hbond substituents is 1. The van der Waals surface area contributed by atoms with Crippen LogP contribution in [0.15, 0.2) is 54.9 Å². The molecule has 1 heterocycles. The van der Waals surface area contributed by atoms with Crippen molar-refractivity contribution >= 4 is 5.82 Å². The maximum absolute atomic E-state index is 9.80. The molecule has 0 amide bonds. The van der Waals surface area contributed by atoms with E-state index in [1.807, 2.05) is 12.1 Å². The van der Waals surface area contributed by atoms with E-state index in [2.05, 4.69) is 29.4 Å². The maximum Gasteiger partial charge on any atom is 0.161 e. The second kappa shape index (κ2) is 9.08. The minimum absolute atomic E-state index is 0.0935. The number of benzene rings is 2. The molecule has 1 unspecified atom stereocenters. The number of hydrogen-bond acceptors (Lipinski definition) is 6. The topological polar surface area (TPSA) is 76.5 Å². The summed E-state index contributed by atoms with van der Waals surface area (Å²) < 4.78 is 10.4. The van der Waals surface area contributed by atoms with Gasteiger partial charge in [-0.15, -0.1) is 0 Å². The van der Waals surface area contributed by atoms with E-state index in [4.69, 9.17) is 14.5 Å². The summed E-state index contributed by atoms with van der Waals surface area (Å²) in [4.78, 5) is 9.02. The molecule has 28 heavy (non-hydrogen) atoms. The molecule has 0 saturated heterocycles. The molecule has 2 N–H and O–H groups in total. The molecule has 2 aromatic carbocycles. The van der Waals surface area contributed by atoms with Crippen molar-refractivity contribution in [2.75, 3.05) is 19.5 Å². The minimum atomic E-state index is 0.0935. The fourth-order valence-corrected chi connectivity index (χ4v) is 3.04. The van der Waals surface area contributed by atoms with Gasteiger partial charge in [0, 0.05) is 5.56 Å². The number of aromatic nitrogens is 2. The molecule has 3 aromatic rings. The molecular formula is C22H25N3O3. The van der Waals surface area contributed by atoms with Crippen molar-refractivity contribution < 1.29 is 14.6 Å². The van der Waals surface area contributed by atoms with Crippen molar-refractivity contribution in [2.24, 2.45) is 0 Å². The average molecular weight is 379 g/mol. The molecule has 1 atom stereocenters. The molecule has 6 heteroatoms. The van der Waals surface area contributed by atoms with Gasteiger partial charge in [0.25, 0.3) is 0 Å². The predicted molar refractivity (Wildman–Crippen MR) is 110 cm³/mol. The first kappa shape index (κ1) is 19.5. The molecule has 0 aliphatic carbocycles. The van der Waals surface area contributed by atoms with Gasteiger partial charge >= 0.3 is 0 Å². The van der Waals surface area contributed by atoms with Crippen LogP contribution in [0.25, 0.3) is 11.3 Å². The van der Waals surface area contributed by atoms with Crippen LogP contribution in [0.1, 0.15) is 31.4 Å². The van der Waals surface area contributed by atoms with Crippen LogP contribution in [-0.2, 0) is 0 Å². The van der Waals surface area contributed by atoms with E-state index in [9.17, 15) is 5.11 Å². The highest BCUT2D eigenvalue weighted by Crippen LogP contribution is 2.31. The summed E-state index contributed by atoms with van der Waals surface area (Å²) in [5.41, 5.74) is 2.69. The summed E-state index contributed by atoms with van der Waals surface area (Å²) in [5.74, 6) is 2.02. The Morgan fingerprint density at radius 3 is 2.50 bits per heavy atom. The smallest absolute Gasteiger partial charge is 0.161 e. The Kier molecular flexibility index (Phi) is 6.32. The van der Waals surface area contributed by atoms with Crippen molar-refractivity contribution in [2.45, 2.75) is 25.8 Å². The first-order valence-electron chi connectivity index (χ1n) is 9.24. The monoisotopic (exact) mass is 379 g/mol. The Labute approximate surface area is 165 Å². The fourth-order valence-electron chi connectivity index (χ4n) is 3.04. The van der Waals surface area contributed by atoms with Gasteiger partial charge in [-0.3, -0.25) is 4.98 Å². The quantitative estimate of drug-likeness (QED) is 0.584. The summed E-state index contributed by atoms with van der Waals surface area (Å²) in [6.07, 6.45) is 5.41. The number of aromatic hydroxyl groups is 1. The van der Waals surface area contributed by atoms with E-state index >= 15 is 0 Å². The van der Waals surface area contributed by atoms with Gasteiger partial charge < -0.3 is 19.9 Å². The molecule has 1 aromatic heterocycles. The molecule has 0 saturated carbocycles. The molecule has 0 spiro atoms. The lowest BCUT2D eigenvalue weighted by Crippen LogP contribution is -2.12. The van der Waals surface area contributed by atoms with Gasteiger partial charge in [0.05, 0.1) is 38.3 Å². The van der Waals surface area contributed by atoms with E-state index < -0.39 is 0 Å². The average Bonchev–Trinajstić information content (AvgIpc) is 2.74. The Hall–Kier alpha value is -3.28. The highest BCUT2D eigenvalue weighted by Gasteiger charge is 2.13. The standard InChI is InChI=1S/C22H25N3O3/c1-4-5-18(15-6-9-17(27-2)10-7-15)24-22-14-23-13-19(25-22)16-8-11-20(26)21(12-16)28-3/h6-14,18,26H,4-5H2,1-3H3,(H,24,25). The van der Waals surface area contributed by atoms with Gasteiger partial charge in [-0.2, -0.15) is 0 Å². The number of anilines is 1. The Morgan fingerprint density at radius 1 is 1.04 bits per heavy atom. The third-order valence-electron chi connectivity index (χ3n) is 4.53. The molecule has 0 fully saturated rings. The second-order valence-electron chi connectivity index (χ2n) is 6.43. The zero-order chi connectivity index (χ0) is 19.9. The highest BCUT2D eigenvalue weighted by atomic mass is 16.5. The van der Waals surface area contributed by atoms with Crippen LogP contribution in [0.2, 0.25) is 0 Å². The van der Waals surface area contributed by atoms with Crippen molar-refractivity contribution in [3.63, 3.8) is 0 Å². The fraction of sp³-hybridized carbons (Fsp3) is 0.273. The van der Waals surface area contributed by atoms with Crippen molar-refractivity contribution in [3.8, 4) is 28.5 Å². The Bertz CT molecular complexity index is 913. The molecule has 3 rings (SSSR count). The number of phenols is 1. The molecule has 0 aliphatic heterocycles. The number of hydrogen-bond donors (Lipinski definition) is 2. The first-order valence-corrected chi connectivity index (χ1v) is 9.24. The largest absolute Gasteiger partial charge is 0.504 e. The molecule has 146 valence electrons. The zero-order valence-corrected chi connectivity index (χ0v) is 16.3. The van der Waals surface area contributed by atoms with Crippen LogP contribution >= 0.6 is 0 Å². The van der Waals surface area contributed by atoms with Crippen LogP contribution in [0.5, 0.6) is 17.2 Å². The normalized spacial score (nSPS) is 11.7. The van der Waals surface area contributed by atoms with E-state index in [-0.39, 0.29) is 11.8 Å².